The quantitative estimate of drug-likeness (QED) is 0.351. The van der Waals surface area contributed by atoms with E-state index in [4.69, 9.17) is 19.2 Å². The van der Waals surface area contributed by atoms with E-state index in [-0.39, 0.29) is 5.25 Å². The highest BCUT2D eigenvalue weighted by Gasteiger charge is 2.50. The predicted molar refractivity (Wildman–Crippen MR) is 137 cm³/mol. The summed E-state index contributed by atoms with van der Waals surface area (Å²) in [6, 6.07) is 31.0. The maximum atomic E-state index is 6.56. The second-order valence-corrected chi connectivity index (χ2v) is 10.2. The molecule has 176 valence electrons. The molecular formula is C29H31NO3S. The monoisotopic (exact) mass is 473 g/mol. The lowest BCUT2D eigenvalue weighted by Gasteiger charge is -2.39. The molecule has 4 nitrogen and oxygen atoms in total. The Hall–Kier alpha value is -2.60. The van der Waals surface area contributed by atoms with Crippen LogP contribution in [0.1, 0.15) is 36.0 Å². The molecule has 0 N–H and O–H groups in total. The van der Waals surface area contributed by atoms with E-state index < -0.39 is 5.72 Å². The van der Waals surface area contributed by atoms with Gasteiger partial charge in [0.05, 0.1) is 18.5 Å². The predicted octanol–water partition coefficient (Wildman–Crippen LogP) is 6.60. The molecule has 0 bridgehead atoms. The van der Waals surface area contributed by atoms with Crippen molar-refractivity contribution in [1.29, 1.82) is 0 Å². The van der Waals surface area contributed by atoms with Crippen LogP contribution in [0.4, 0.5) is 0 Å². The Labute approximate surface area is 206 Å². The van der Waals surface area contributed by atoms with Crippen molar-refractivity contribution >= 4 is 17.0 Å². The third-order valence-corrected chi connectivity index (χ3v) is 7.74. The molecule has 2 aliphatic rings. The molecular weight excluding hydrogens is 442 g/mol. The van der Waals surface area contributed by atoms with Crippen molar-refractivity contribution in [2.45, 2.75) is 50.1 Å². The molecule has 0 spiro atoms. The van der Waals surface area contributed by atoms with Gasteiger partial charge in [0.2, 0.25) is 5.23 Å². The van der Waals surface area contributed by atoms with Gasteiger partial charge in [0.15, 0.2) is 5.72 Å². The van der Waals surface area contributed by atoms with Gasteiger partial charge in [-0.3, -0.25) is 0 Å². The third kappa shape index (κ3) is 5.90. The normalized spacial score (nSPS) is 23.8. The van der Waals surface area contributed by atoms with Gasteiger partial charge in [-0.05, 0) is 41.9 Å². The van der Waals surface area contributed by atoms with Gasteiger partial charge < -0.3 is 14.2 Å². The number of benzene rings is 3. The van der Waals surface area contributed by atoms with Crippen LogP contribution < -0.4 is 0 Å². The molecule has 1 fully saturated rings. The molecule has 1 heterocycles. The summed E-state index contributed by atoms with van der Waals surface area (Å²) in [6.45, 7) is 2.51. The fourth-order valence-electron chi connectivity index (χ4n) is 4.58. The molecule has 3 unspecified atom stereocenters. The lowest BCUT2D eigenvalue weighted by Crippen LogP contribution is -2.44. The summed E-state index contributed by atoms with van der Waals surface area (Å²) in [7, 11) is 0. The highest BCUT2D eigenvalue weighted by molar-refractivity contribution is 8.14. The van der Waals surface area contributed by atoms with Gasteiger partial charge in [-0.2, -0.15) is 0 Å². The van der Waals surface area contributed by atoms with Gasteiger partial charge in [0, 0.05) is 6.61 Å². The van der Waals surface area contributed by atoms with E-state index in [1.165, 1.54) is 11.1 Å². The molecule has 5 heteroatoms. The summed E-state index contributed by atoms with van der Waals surface area (Å²) in [5, 5.41) is 0.980. The van der Waals surface area contributed by atoms with E-state index in [1.54, 1.807) is 11.8 Å². The standard InChI is InChI=1S/C29H31NO3S/c1-4-10-23(11-5-1)19-31-20-26-16-17-29(33-22-25-14-8-3-9-15-25)27(18-26)34-28(30-29)32-21-24-12-6-2-7-13-24/h1-15,26-27H,16-22H2. The van der Waals surface area contributed by atoms with Crippen LogP contribution in [0, 0.1) is 5.92 Å². The van der Waals surface area contributed by atoms with Crippen molar-refractivity contribution in [2.24, 2.45) is 10.9 Å². The molecule has 1 saturated carbocycles. The van der Waals surface area contributed by atoms with Gasteiger partial charge in [0.1, 0.15) is 6.61 Å². The Kier molecular flexibility index (Phi) is 7.64. The van der Waals surface area contributed by atoms with Crippen molar-refractivity contribution in [1.82, 2.24) is 0 Å². The molecule has 3 aromatic rings. The number of ether oxygens (including phenoxy) is 3. The van der Waals surface area contributed by atoms with Crippen molar-refractivity contribution in [3.05, 3.63) is 108 Å². The van der Waals surface area contributed by atoms with Gasteiger partial charge in [0.25, 0.3) is 0 Å². The van der Waals surface area contributed by atoms with Crippen LogP contribution in [0.3, 0.4) is 0 Å². The van der Waals surface area contributed by atoms with E-state index in [0.717, 1.165) is 36.7 Å². The summed E-state index contributed by atoms with van der Waals surface area (Å²) < 4.78 is 18.8. The summed E-state index contributed by atoms with van der Waals surface area (Å²) in [4.78, 5) is 5.03. The first-order valence-corrected chi connectivity index (χ1v) is 12.9. The average molecular weight is 474 g/mol. The zero-order chi connectivity index (χ0) is 23.1. The van der Waals surface area contributed by atoms with Crippen molar-refractivity contribution in [3.63, 3.8) is 0 Å². The van der Waals surface area contributed by atoms with Crippen molar-refractivity contribution in [3.8, 4) is 0 Å². The second kappa shape index (κ2) is 11.2. The number of nitrogens with zero attached hydrogens (tertiary/aromatic N) is 1. The lowest BCUT2D eigenvalue weighted by atomic mass is 9.83. The topological polar surface area (TPSA) is 40.0 Å². The molecule has 3 atom stereocenters. The molecule has 0 aromatic heterocycles. The minimum absolute atomic E-state index is 0.237. The van der Waals surface area contributed by atoms with E-state index in [0.29, 0.717) is 25.7 Å². The summed E-state index contributed by atoms with van der Waals surface area (Å²) in [5.41, 5.74) is 3.01. The minimum atomic E-state index is -0.525. The summed E-state index contributed by atoms with van der Waals surface area (Å²) in [6.07, 6.45) is 2.93. The summed E-state index contributed by atoms with van der Waals surface area (Å²) in [5.74, 6) is 0.498. The Morgan fingerprint density at radius 1 is 0.765 bits per heavy atom. The molecule has 0 amide bonds. The second-order valence-electron chi connectivity index (χ2n) is 9.02. The zero-order valence-corrected chi connectivity index (χ0v) is 20.2. The number of hydrogen-bond acceptors (Lipinski definition) is 5. The lowest BCUT2D eigenvalue weighted by molar-refractivity contribution is -0.0810. The van der Waals surface area contributed by atoms with Gasteiger partial charge >= 0.3 is 0 Å². The van der Waals surface area contributed by atoms with Crippen LogP contribution in [0.2, 0.25) is 0 Å². The number of fused-ring (bicyclic) bond motifs is 1. The molecule has 0 radical (unpaired) electrons. The maximum Gasteiger partial charge on any atom is 0.249 e. The van der Waals surface area contributed by atoms with Crippen LogP contribution in [-0.2, 0) is 34.0 Å². The van der Waals surface area contributed by atoms with Crippen LogP contribution in [0.5, 0.6) is 0 Å². The van der Waals surface area contributed by atoms with Crippen LogP contribution in [0.25, 0.3) is 0 Å². The first kappa shape index (κ1) is 23.2. The van der Waals surface area contributed by atoms with E-state index in [1.807, 2.05) is 30.3 Å². The minimum Gasteiger partial charge on any atom is -0.468 e. The van der Waals surface area contributed by atoms with Crippen LogP contribution >= 0.6 is 11.8 Å². The SMILES string of the molecule is c1ccc(COCC2CCC3(OCc4ccccc4)N=C(OCc4ccccc4)SC3C2)cc1. The molecule has 5 rings (SSSR count). The number of thioether (sulfide) groups is 1. The first-order chi connectivity index (χ1) is 16.8. The smallest absolute Gasteiger partial charge is 0.249 e. The maximum absolute atomic E-state index is 6.56. The fourth-order valence-corrected chi connectivity index (χ4v) is 5.95. The molecule has 34 heavy (non-hydrogen) atoms. The highest BCUT2D eigenvalue weighted by atomic mass is 32.2. The van der Waals surface area contributed by atoms with Crippen LogP contribution in [-0.4, -0.2) is 22.8 Å². The van der Waals surface area contributed by atoms with E-state index in [2.05, 4.69) is 60.7 Å². The highest BCUT2D eigenvalue weighted by Crippen LogP contribution is 2.48. The van der Waals surface area contributed by atoms with Gasteiger partial charge in [-0.1, -0.05) is 103 Å². The van der Waals surface area contributed by atoms with Crippen LogP contribution in [0.15, 0.2) is 96.0 Å². The largest absolute Gasteiger partial charge is 0.468 e. The molecule has 1 aliphatic heterocycles. The first-order valence-electron chi connectivity index (χ1n) is 12.0. The zero-order valence-electron chi connectivity index (χ0n) is 19.3. The van der Waals surface area contributed by atoms with Crippen molar-refractivity contribution in [2.75, 3.05) is 6.61 Å². The molecule has 3 aromatic carbocycles. The third-order valence-electron chi connectivity index (χ3n) is 6.49. The Morgan fingerprint density at radius 3 is 2.00 bits per heavy atom. The molecule has 1 aliphatic carbocycles. The summed E-state index contributed by atoms with van der Waals surface area (Å²) >= 11 is 1.73. The number of aliphatic imine (C=N–C) groups is 1. The van der Waals surface area contributed by atoms with Gasteiger partial charge in [-0.15, -0.1) is 0 Å². The van der Waals surface area contributed by atoms with E-state index in [9.17, 15) is 0 Å². The van der Waals surface area contributed by atoms with Gasteiger partial charge in [-0.25, -0.2) is 4.99 Å². The van der Waals surface area contributed by atoms with E-state index >= 15 is 0 Å². The Balaban J connectivity index is 1.22. The Bertz CT molecular complexity index is 1060. The number of rotatable bonds is 9. The van der Waals surface area contributed by atoms with Crippen molar-refractivity contribution < 1.29 is 14.2 Å². The average Bonchev–Trinajstić information content (AvgIpc) is 3.26. The number of hydrogen-bond donors (Lipinski definition) is 0. The fraction of sp³-hybridized carbons (Fsp3) is 0.345. The Morgan fingerprint density at radius 2 is 1.35 bits per heavy atom. The molecule has 0 saturated heterocycles.